The van der Waals surface area contributed by atoms with Crippen molar-refractivity contribution in [1.82, 2.24) is 0 Å². The molecule has 1 nitrogen and oxygen atoms in total. The van der Waals surface area contributed by atoms with Gasteiger partial charge in [0, 0.05) is 6.42 Å². The van der Waals surface area contributed by atoms with Crippen molar-refractivity contribution in [2.75, 3.05) is 0 Å². The molecular weight excluding hydrogens is 88.1 g/mol. The van der Waals surface area contributed by atoms with E-state index >= 15 is 0 Å². The predicted molar refractivity (Wildman–Crippen MR) is 26.7 cm³/mol. The molecule has 0 bridgehead atoms. The summed E-state index contributed by atoms with van der Waals surface area (Å²) in [5, 5.41) is 0. The van der Waals surface area contributed by atoms with Crippen molar-refractivity contribution in [2.24, 2.45) is 0 Å². The molecule has 0 aliphatic heterocycles. The first-order chi connectivity index (χ1) is 3.30. The monoisotopic (exact) mass is 95.0 g/mol. The first kappa shape index (κ1) is 4.57. The molecule has 0 spiro atoms. The molecule has 0 aromatic carbocycles. The van der Waals surface area contributed by atoms with E-state index < -0.39 is 0 Å². The highest BCUT2D eigenvalue weighted by molar-refractivity contribution is 5.96. The highest BCUT2D eigenvalue weighted by Gasteiger charge is 2.08. The Hall–Kier alpha value is -0.590. The summed E-state index contributed by atoms with van der Waals surface area (Å²) in [4.78, 5) is 10.5. The van der Waals surface area contributed by atoms with Gasteiger partial charge in [-0.3, -0.25) is 4.79 Å². The van der Waals surface area contributed by atoms with Gasteiger partial charge in [0.25, 0.3) is 0 Å². The smallest absolute Gasteiger partial charge is 0.159 e. The van der Waals surface area contributed by atoms with Crippen LogP contribution in [0.5, 0.6) is 0 Å². The van der Waals surface area contributed by atoms with Crippen molar-refractivity contribution in [3.05, 3.63) is 11.6 Å². The van der Waals surface area contributed by atoms with Gasteiger partial charge >= 0.3 is 0 Å². The van der Waals surface area contributed by atoms with Gasteiger partial charge < -0.3 is 0 Å². The third kappa shape index (κ3) is 0.710. The van der Waals surface area contributed by atoms with Gasteiger partial charge in [-0.25, -0.2) is 0 Å². The second-order valence-electron chi connectivity index (χ2n) is 1.72. The molecule has 1 heteroatoms. The van der Waals surface area contributed by atoms with Crippen molar-refractivity contribution < 1.29 is 4.79 Å². The maximum absolute atomic E-state index is 10.5. The molecule has 37 valence electrons. The first-order valence-corrected chi connectivity index (χ1v) is 2.41. The molecule has 0 fully saturated rings. The average Bonchev–Trinajstić information content (AvgIpc) is 1.91. The summed E-state index contributed by atoms with van der Waals surface area (Å²) >= 11 is 0. The van der Waals surface area contributed by atoms with Gasteiger partial charge in [-0.05, 0) is 25.0 Å². The molecule has 0 atom stereocenters. The Balaban J connectivity index is 2.72. The first-order valence-electron chi connectivity index (χ1n) is 2.41. The molecule has 0 saturated carbocycles. The lowest BCUT2D eigenvalue weighted by atomic mass is 10.2. The fourth-order valence-electron chi connectivity index (χ4n) is 0.650. The lowest BCUT2D eigenvalue weighted by Gasteiger charge is -1.80. The highest BCUT2D eigenvalue weighted by atomic mass is 16.1. The Morgan fingerprint density at radius 2 is 2.43 bits per heavy atom. The summed E-state index contributed by atoms with van der Waals surface area (Å²) in [6, 6.07) is 0. The Morgan fingerprint density at radius 3 is 2.57 bits per heavy atom. The van der Waals surface area contributed by atoms with Gasteiger partial charge in [0.05, 0.1) is 0 Å². The number of carbonyl (C=O) groups excluding carboxylic acids is 1. The van der Waals surface area contributed by atoms with E-state index in [1.165, 1.54) is 0 Å². The highest BCUT2D eigenvalue weighted by Crippen LogP contribution is 2.10. The molecule has 0 amide bonds. The molecular formula is C6H7O. The third-order valence-corrected chi connectivity index (χ3v) is 1.16. The van der Waals surface area contributed by atoms with Gasteiger partial charge in [-0.15, -0.1) is 0 Å². The Kier molecular flexibility index (Phi) is 0.970. The Labute approximate surface area is 43.0 Å². The zero-order valence-electron chi connectivity index (χ0n) is 4.32. The van der Waals surface area contributed by atoms with Crippen molar-refractivity contribution in [3.63, 3.8) is 0 Å². The SMILES string of the molecule is CC1=[C]CCC1=O. The molecule has 1 radical (unpaired) electrons. The Bertz CT molecular complexity index is 122. The number of allylic oxidation sites excluding steroid dienone is 2. The van der Waals surface area contributed by atoms with E-state index in [4.69, 9.17) is 0 Å². The van der Waals surface area contributed by atoms with Crippen LogP contribution in [-0.4, -0.2) is 5.78 Å². The summed E-state index contributed by atoms with van der Waals surface area (Å²) < 4.78 is 0. The summed E-state index contributed by atoms with van der Waals surface area (Å²) in [6.07, 6.45) is 4.46. The van der Waals surface area contributed by atoms with E-state index in [1.54, 1.807) is 0 Å². The molecule has 7 heavy (non-hydrogen) atoms. The average molecular weight is 95.1 g/mol. The molecule has 0 aromatic rings. The molecule has 0 heterocycles. The number of hydrogen-bond acceptors (Lipinski definition) is 1. The van der Waals surface area contributed by atoms with Crippen LogP contribution < -0.4 is 0 Å². The fourth-order valence-corrected chi connectivity index (χ4v) is 0.650. The minimum atomic E-state index is 0.264. The van der Waals surface area contributed by atoms with Gasteiger partial charge in [0.2, 0.25) is 0 Å². The van der Waals surface area contributed by atoms with Crippen LogP contribution in [0.2, 0.25) is 0 Å². The van der Waals surface area contributed by atoms with Crippen LogP contribution in [0.1, 0.15) is 19.8 Å². The Morgan fingerprint density at radius 1 is 1.71 bits per heavy atom. The van der Waals surface area contributed by atoms with Crippen molar-refractivity contribution in [1.29, 1.82) is 0 Å². The van der Waals surface area contributed by atoms with Crippen LogP contribution in [-0.2, 0) is 4.79 Å². The van der Waals surface area contributed by atoms with Gasteiger partial charge in [-0.1, -0.05) is 0 Å². The summed E-state index contributed by atoms with van der Waals surface area (Å²) in [5.74, 6) is 0.264. The molecule has 1 aliphatic carbocycles. The zero-order valence-corrected chi connectivity index (χ0v) is 4.32. The van der Waals surface area contributed by atoms with E-state index in [0.29, 0.717) is 6.42 Å². The van der Waals surface area contributed by atoms with E-state index in [-0.39, 0.29) is 5.78 Å². The zero-order chi connectivity index (χ0) is 5.28. The number of carbonyl (C=O) groups is 1. The second-order valence-corrected chi connectivity index (χ2v) is 1.72. The number of rotatable bonds is 0. The fraction of sp³-hybridized carbons (Fsp3) is 0.500. The lowest BCUT2D eigenvalue weighted by Crippen LogP contribution is -1.88. The van der Waals surface area contributed by atoms with E-state index in [1.807, 2.05) is 6.92 Å². The number of ketones is 1. The normalized spacial score (nSPS) is 20.1. The van der Waals surface area contributed by atoms with E-state index in [2.05, 4.69) is 6.08 Å². The van der Waals surface area contributed by atoms with Crippen molar-refractivity contribution in [2.45, 2.75) is 19.8 Å². The topological polar surface area (TPSA) is 17.1 Å². The summed E-state index contributed by atoms with van der Waals surface area (Å²) in [7, 11) is 0. The van der Waals surface area contributed by atoms with Crippen LogP contribution in [0, 0.1) is 6.08 Å². The van der Waals surface area contributed by atoms with E-state index in [9.17, 15) is 4.79 Å². The third-order valence-electron chi connectivity index (χ3n) is 1.16. The van der Waals surface area contributed by atoms with Crippen LogP contribution >= 0.6 is 0 Å². The van der Waals surface area contributed by atoms with Crippen LogP contribution in [0.25, 0.3) is 0 Å². The van der Waals surface area contributed by atoms with Crippen molar-refractivity contribution in [3.8, 4) is 0 Å². The summed E-state index contributed by atoms with van der Waals surface area (Å²) in [6.45, 7) is 1.81. The standard InChI is InChI=1S/C6H7O/c1-5-3-2-4-6(5)7/h2,4H2,1H3. The molecule has 0 N–H and O–H groups in total. The molecule has 1 rings (SSSR count). The number of Topliss-reactive ketones (excluding diaryl/α,β-unsaturated/α-hetero) is 1. The minimum absolute atomic E-state index is 0.264. The van der Waals surface area contributed by atoms with Crippen LogP contribution in [0.4, 0.5) is 0 Å². The minimum Gasteiger partial charge on any atom is -0.295 e. The maximum Gasteiger partial charge on any atom is 0.159 e. The largest absolute Gasteiger partial charge is 0.295 e. The van der Waals surface area contributed by atoms with Gasteiger partial charge in [-0.2, -0.15) is 0 Å². The molecule has 1 aliphatic rings. The lowest BCUT2D eigenvalue weighted by molar-refractivity contribution is -0.114. The molecule has 0 unspecified atom stereocenters. The van der Waals surface area contributed by atoms with Crippen molar-refractivity contribution >= 4 is 5.78 Å². The van der Waals surface area contributed by atoms with Crippen LogP contribution in [0.15, 0.2) is 5.57 Å². The quantitative estimate of drug-likeness (QED) is 0.440. The van der Waals surface area contributed by atoms with E-state index in [0.717, 1.165) is 12.0 Å². The molecule has 0 saturated heterocycles. The maximum atomic E-state index is 10.5. The van der Waals surface area contributed by atoms with Gasteiger partial charge in [0.1, 0.15) is 0 Å². The van der Waals surface area contributed by atoms with Crippen LogP contribution in [0.3, 0.4) is 0 Å². The predicted octanol–water partition coefficient (Wildman–Crippen LogP) is 1.10. The summed E-state index contributed by atoms with van der Waals surface area (Å²) in [5.41, 5.74) is 0.819. The second kappa shape index (κ2) is 1.49. The number of hydrogen-bond donors (Lipinski definition) is 0. The molecule has 0 aromatic heterocycles. The van der Waals surface area contributed by atoms with Gasteiger partial charge in [0.15, 0.2) is 5.78 Å².